The molecule has 2 aliphatic rings. The van der Waals surface area contributed by atoms with Crippen LogP contribution < -0.4 is 5.32 Å². The van der Waals surface area contributed by atoms with Gasteiger partial charge in [-0.3, -0.25) is 19.6 Å². The number of likely N-dealkylation sites (N-methyl/N-ethyl adjacent to an activating group) is 1. The summed E-state index contributed by atoms with van der Waals surface area (Å²) in [6, 6.07) is 10.2. The molecule has 2 unspecified atom stereocenters. The molecular formula is C25H34N6O. The third kappa shape index (κ3) is 5.44. The topological polar surface area (TPSA) is 75.5 Å². The molecule has 2 aromatic rings. The Morgan fingerprint density at radius 3 is 2.78 bits per heavy atom. The van der Waals surface area contributed by atoms with E-state index in [1.165, 1.54) is 5.56 Å². The van der Waals surface area contributed by atoms with Gasteiger partial charge in [-0.15, -0.1) is 0 Å². The van der Waals surface area contributed by atoms with E-state index in [4.69, 9.17) is 0 Å². The predicted octanol–water partition coefficient (Wildman–Crippen LogP) is 1.90. The molecule has 0 spiro atoms. The molecule has 1 aromatic carbocycles. The molecule has 32 heavy (non-hydrogen) atoms. The SMILES string of the molecule is CC1CC(c2ccc(C#N)c3ncccc23)CN(CC(=O)NCCN2CCN(C)CC2)C1. The van der Waals surface area contributed by atoms with Crippen LogP contribution in [-0.2, 0) is 4.79 Å². The van der Waals surface area contributed by atoms with Crippen LogP contribution in [0.3, 0.4) is 0 Å². The zero-order valence-corrected chi connectivity index (χ0v) is 19.3. The monoisotopic (exact) mass is 434 g/mol. The maximum absolute atomic E-state index is 12.6. The average Bonchev–Trinajstić information content (AvgIpc) is 2.79. The number of piperazine rings is 1. The van der Waals surface area contributed by atoms with Crippen molar-refractivity contribution in [2.75, 3.05) is 66.0 Å². The number of likely N-dealkylation sites (tertiary alicyclic amines) is 1. The minimum absolute atomic E-state index is 0.110. The number of nitrogens with one attached hydrogen (secondary N) is 1. The zero-order chi connectivity index (χ0) is 22.5. The van der Waals surface area contributed by atoms with Gasteiger partial charge in [-0.25, -0.2) is 0 Å². The summed E-state index contributed by atoms with van der Waals surface area (Å²) in [7, 11) is 2.16. The molecule has 0 saturated carbocycles. The molecule has 4 rings (SSSR count). The van der Waals surface area contributed by atoms with E-state index in [0.717, 1.165) is 63.1 Å². The molecule has 170 valence electrons. The smallest absolute Gasteiger partial charge is 0.234 e. The van der Waals surface area contributed by atoms with E-state index in [1.54, 1.807) is 6.20 Å². The molecule has 7 nitrogen and oxygen atoms in total. The van der Waals surface area contributed by atoms with E-state index in [9.17, 15) is 10.1 Å². The minimum atomic E-state index is 0.110. The maximum atomic E-state index is 12.6. The second-order valence-electron chi connectivity index (χ2n) is 9.44. The van der Waals surface area contributed by atoms with Gasteiger partial charge in [0.1, 0.15) is 6.07 Å². The normalized spacial score (nSPS) is 23.2. The summed E-state index contributed by atoms with van der Waals surface area (Å²) in [5.41, 5.74) is 2.63. The number of amides is 1. The van der Waals surface area contributed by atoms with Crippen molar-refractivity contribution in [2.45, 2.75) is 19.3 Å². The highest BCUT2D eigenvalue weighted by molar-refractivity contribution is 5.87. The largest absolute Gasteiger partial charge is 0.354 e. The van der Waals surface area contributed by atoms with Crippen LogP contribution in [0.25, 0.3) is 10.9 Å². The van der Waals surface area contributed by atoms with Crippen LogP contribution in [0.15, 0.2) is 30.5 Å². The Bertz CT molecular complexity index is 978. The first-order valence-corrected chi connectivity index (χ1v) is 11.7. The number of nitriles is 1. The highest BCUT2D eigenvalue weighted by atomic mass is 16.2. The Labute approximate surface area is 191 Å². The highest BCUT2D eigenvalue weighted by Crippen LogP contribution is 2.34. The second kappa shape index (κ2) is 10.4. The van der Waals surface area contributed by atoms with Crippen molar-refractivity contribution < 1.29 is 4.79 Å². The molecule has 1 amide bonds. The average molecular weight is 435 g/mol. The van der Waals surface area contributed by atoms with Gasteiger partial charge in [-0.05, 0) is 43.0 Å². The van der Waals surface area contributed by atoms with Crippen LogP contribution in [0.1, 0.15) is 30.4 Å². The number of aromatic nitrogens is 1. The Balaban J connectivity index is 1.35. The van der Waals surface area contributed by atoms with Gasteiger partial charge < -0.3 is 10.2 Å². The van der Waals surface area contributed by atoms with Crippen molar-refractivity contribution in [2.24, 2.45) is 5.92 Å². The predicted molar refractivity (Wildman–Crippen MR) is 126 cm³/mol. The number of carbonyl (C=O) groups is 1. The highest BCUT2D eigenvalue weighted by Gasteiger charge is 2.28. The third-order valence-corrected chi connectivity index (χ3v) is 6.81. The summed E-state index contributed by atoms with van der Waals surface area (Å²) < 4.78 is 0. The number of benzene rings is 1. The van der Waals surface area contributed by atoms with Gasteiger partial charge in [0, 0.05) is 63.9 Å². The van der Waals surface area contributed by atoms with Gasteiger partial charge in [0.2, 0.25) is 5.91 Å². The van der Waals surface area contributed by atoms with Gasteiger partial charge in [-0.2, -0.15) is 5.26 Å². The molecular weight excluding hydrogens is 400 g/mol. The number of pyridine rings is 1. The molecule has 0 bridgehead atoms. The van der Waals surface area contributed by atoms with Crippen LogP contribution in [-0.4, -0.2) is 91.5 Å². The quantitative estimate of drug-likeness (QED) is 0.748. The van der Waals surface area contributed by atoms with E-state index >= 15 is 0 Å². The molecule has 7 heteroatoms. The Morgan fingerprint density at radius 2 is 2.00 bits per heavy atom. The van der Waals surface area contributed by atoms with E-state index < -0.39 is 0 Å². The molecule has 2 fully saturated rings. The number of carbonyl (C=O) groups excluding carboxylic acids is 1. The van der Waals surface area contributed by atoms with Gasteiger partial charge in [0.15, 0.2) is 0 Å². The lowest BCUT2D eigenvalue weighted by molar-refractivity contribution is -0.122. The summed E-state index contributed by atoms with van der Waals surface area (Å²) in [5.74, 6) is 0.948. The minimum Gasteiger partial charge on any atom is -0.354 e. The van der Waals surface area contributed by atoms with Crippen LogP contribution in [0.2, 0.25) is 0 Å². The van der Waals surface area contributed by atoms with Gasteiger partial charge in [-0.1, -0.05) is 19.1 Å². The molecule has 2 aliphatic heterocycles. The van der Waals surface area contributed by atoms with E-state index in [2.05, 4.69) is 57.2 Å². The lowest BCUT2D eigenvalue weighted by Gasteiger charge is -2.37. The Hall–Kier alpha value is -2.53. The van der Waals surface area contributed by atoms with Crippen LogP contribution in [0, 0.1) is 17.2 Å². The van der Waals surface area contributed by atoms with Crippen LogP contribution in [0.5, 0.6) is 0 Å². The van der Waals surface area contributed by atoms with E-state index in [1.807, 2.05) is 12.1 Å². The number of fused-ring (bicyclic) bond motifs is 1. The van der Waals surface area contributed by atoms with E-state index in [0.29, 0.717) is 30.5 Å². The first kappa shape index (κ1) is 22.7. The fraction of sp³-hybridized carbons (Fsp3) is 0.560. The number of hydrogen-bond donors (Lipinski definition) is 1. The summed E-state index contributed by atoms with van der Waals surface area (Å²) in [6.07, 6.45) is 2.83. The van der Waals surface area contributed by atoms with Crippen molar-refractivity contribution in [3.63, 3.8) is 0 Å². The lowest BCUT2D eigenvalue weighted by Crippen LogP contribution is -2.48. The number of nitrogens with zero attached hydrogens (tertiary/aromatic N) is 5. The molecule has 1 N–H and O–H groups in total. The standard InChI is InChI=1S/C25H34N6O/c1-19-14-21(22-6-5-20(15-26)25-23(22)4-3-7-28-25)17-31(16-19)18-24(32)27-8-9-30-12-10-29(2)11-13-30/h3-7,19,21H,8-14,16-18H2,1-2H3,(H,27,32). The Morgan fingerprint density at radius 1 is 1.19 bits per heavy atom. The fourth-order valence-corrected chi connectivity index (χ4v) is 5.14. The molecule has 3 heterocycles. The number of hydrogen-bond acceptors (Lipinski definition) is 6. The first-order valence-electron chi connectivity index (χ1n) is 11.7. The second-order valence-corrected chi connectivity index (χ2v) is 9.44. The van der Waals surface area contributed by atoms with E-state index in [-0.39, 0.29) is 5.91 Å². The van der Waals surface area contributed by atoms with Crippen molar-refractivity contribution in [1.29, 1.82) is 5.26 Å². The Kier molecular flexibility index (Phi) is 7.36. The molecule has 0 radical (unpaired) electrons. The van der Waals surface area contributed by atoms with Crippen molar-refractivity contribution in [3.8, 4) is 6.07 Å². The van der Waals surface area contributed by atoms with Gasteiger partial charge in [0.25, 0.3) is 0 Å². The van der Waals surface area contributed by atoms with Crippen LogP contribution in [0.4, 0.5) is 0 Å². The third-order valence-electron chi connectivity index (χ3n) is 6.81. The number of piperidine rings is 1. The summed E-state index contributed by atoms with van der Waals surface area (Å²) in [4.78, 5) is 24.1. The van der Waals surface area contributed by atoms with Gasteiger partial charge >= 0.3 is 0 Å². The van der Waals surface area contributed by atoms with Crippen LogP contribution >= 0.6 is 0 Å². The summed E-state index contributed by atoms with van der Waals surface area (Å²) >= 11 is 0. The van der Waals surface area contributed by atoms with Crippen molar-refractivity contribution >= 4 is 16.8 Å². The lowest BCUT2D eigenvalue weighted by atomic mass is 9.83. The molecule has 0 aliphatic carbocycles. The fourth-order valence-electron chi connectivity index (χ4n) is 5.14. The van der Waals surface area contributed by atoms with Crippen molar-refractivity contribution in [3.05, 3.63) is 41.6 Å². The number of rotatable bonds is 6. The summed E-state index contributed by atoms with van der Waals surface area (Å²) in [6.45, 7) is 10.5. The molecule has 1 aromatic heterocycles. The molecule has 2 atom stereocenters. The zero-order valence-electron chi connectivity index (χ0n) is 19.3. The summed E-state index contributed by atoms with van der Waals surface area (Å²) in [5, 5.41) is 13.6. The first-order chi connectivity index (χ1) is 15.5. The van der Waals surface area contributed by atoms with Gasteiger partial charge in [0.05, 0.1) is 17.6 Å². The maximum Gasteiger partial charge on any atom is 0.234 e. The molecule has 2 saturated heterocycles. The van der Waals surface area contributed by atoms with Crippen molar-refractivity contribution in [1.82, 2.24) is 25.0 Å².